The fraction of sp³-hybridized carbons (Fsp3) is 0.500. The van der Waals surface area contributed by atoms with E-state index in [0.717, 1.165) is 35.0 Å². The third-order valence-corrected chi connectivity index (χ3v) is 6.70. The summed E-state index contributed by atoms with van der Waals surface area (Å²) in [5.41, 5.74) is 2.06. The molecule has 0 aliphatic rings. The minimum Gasteiger partial charge on any atom is -0.494 e. The van der Waals surface area contributed by atoms with E-state index >= 15 is 0 Å². The van der Waals surface area contributed by atoms with Crippen LogP contribution >= 0.6 is 11.3 Å². The normalized spacial score (nSPS) is 11.5. The van der Waals surface area contributed by atoms with Gasteiger partial charge in [-0.25, -0.2) is 9.98 Å². The molecule has 4 heteroatoms. The molecule has 0 bridgehead atoms. The first-order valence-electron chi connectivity index (χ1n) is 12.5. The molecule has 0 unspecified atom stereocenters. The van der Waals surface area contributed by atoms with E-state index in [1.807, 2.05) is 36.5 Å². The van der Waals surface area contributed by atoms with Gasteiger partial charge in [-0.15, -0.1) is 0 Å². The molecule has 172 valence electrons. The van der Waals surface area contributed by atoms with E-state index in [-0.39, 0.29) is 0 Å². The van der Waals surface area contributed by atoms with Crippen LogP contribution in [0.3, 0.4) is 0 Å². The van der Waals surface area contributed by atoms with Gasteiger partial charge in [0.1, 0.15) is 5.75 Å². The van der Waals surface area contributed by atoms with Crippen molar-refractivity contribution in [2.45, 2.75) is 84.0 Å². The number of rotatable bonds is 16. The molecule has 32 heavy (non-hydrogen) atoms. The standard InChI is InChI=1S/C28H38N2OS/c1-2-3-4-5-6-7-8-9-10-11-12-15-22-31-25-20-18-24(19-21-25)23-29-28-30-26-16-13-14-17-27(26)32-28/h13-14,16-21,23H,2-12,15,22H2,1H3/b29-23+. The predicted octanol–water partition coefficient (Wildman–Crippen LogP) is 9.13. The molecule has 0 saturated heterocycles. The zero-order valence-corrected chi connectivity index (χ0v) is 20.4. The Labute approximate surface area is 198 Å². The Hall–Kier alpha value is -2.20. The lowest BCUT2D eigenvalue weighted by Crippen LogP contribution is -1.97. The molecule has 0 aliphatic heterocycles. The summed E-state index contributed by atoms with van der Waals surface area (Å²) in [6.07, 6.45) is 18.3. The van der Waals surface area contributed by atoms with Gasteiger partial charge in [-0.1, -0.05) is 101 Å². The summed E-state index contributed by atoms with van der Waals surface area (Å²) < 4.78 is 7.07. The number of hydrogen-bond acceptors (Lipinski definition) is 4. The highest BCUT2D eigenvalue weighted by Crippen LogP contribution is 2.27. The Morgan fingerprint density at radius 3 is 2.06 bits per heavy atom. The zero-order chi connectivity index (χ0) is 22.3. The first kappa shape index (κ1) is 24.4. The molecule has 0 radical (unpaired) electrons. The molecule has 0 spiro atoms. The van der Waals surface area contributed by atoms with E-state index in [0.29, 0.717) is 0 Å². The van der Waals surface area contributed by atoms with Crippen molar-refractivity contribution in [1.29, 1.82) is 0 Å². The largest absolute Gasteiger partial charge is 0.494 e. The van der Waals surface area contributed by atoms with Gasteiger partial charge in [0.05, 0.1) is 16.8 Å². The molecule has 0 fully saturated rings. The van der Waals surface area contributed by atoms with Crippen molar-refractivity contribution >= 4 is 32.9 Å². The monoisotopic (exact) mass is 450 g/mol. The Kier molecular flexibility index (Phi) is 11.3. The average molecular weight is 451 g/mol. The number of aromatic nitrogens is 1. The van der Waals surface area contributed by atoms with E-state index in [9.17, 15) is 0 Å². The van der Waals surface area contributed by atoms with Crippen LogP contribution in [0.1, 0.15) is 89.5 Å². The minimum absolute atomic E-state index is 0.790. The molecule has 1 aromatic heterocycles. The molecule has 0 amide bonds. The van der Waals surface area contributed by atoms with Gasteiger partial charge in [0, 0.05) is 6.21 Å². The Balaban J connectivity index is 1.23. The van der Waals surface area contributed by atoms with Crippen LogP contribution in [0.2, 0.25) is 0 Å². The van der Waals surface area contributed by atoms with E-state index < -0.39 is 0 Å². The van der Waals surface area contributed by atoms with E-state index in [2.05, 4.69) is 35.1 Å². The molecule has 3 nitrogen and oxygen atoms in total. The molecular formula is C28H38N2OS. The van der Waals surface area contributed by atoms with Crippen LogP contribution in [-0.4, -0.2) is 17.8 Å². The maximum atomic E-state index is 5.90. The Bertz CT molecular complexity index is 884. The third-order valence-electron chi connectivity index (χ3n) is 5.75. The van der Waals surface area contributed by atoms with Crippen LogP contribution < -0.4 is 4.74 Å². The second-order valence-corrected chi connectivity index (χ2v) is 9.54. The molecule has 2 aromatic carbocycles. The lowest BCUT2D eigenvalue weighted by atomic mass is 10.1. The van der Waals surface area contributed by atoms with Gasteiger partial charge >= 0.3 is 0 Å². The predicted molar refractivity (Wildman–Crippen MR) is 140 cm³/mol. The van der Waals surface area contributed by atoms with Crippen molar-refractivity contribution in [3.63, 3.8) is 0 Å². The van der Waals surface area contributed by atoms with Crippen LogP contribution in [0, 0.1) is 0 Å². The molecule has 1 heterocycles. The molecule has 0 saturated carbocycles. The van der Waals surface area contributed by atoms with Crippen molar-refractivity contribution < 1.29 is 4.74 Å². The summed E-state index contributed by atoms with van der Waals surface area (Å²) in [5.74, 6) is 0.935. The highest BCUT2D eigenvalue weighted by atomic mass is 32.1. The van der Waals surface area contributed by atoms with Crippen LogP contribution in [0.25, 0.3) is 10.2 Å². The van der Waals surface area contributed by atoms with E-state index in [4.69, 9.17) is 4.74 Å². The molecule has 3 aromatic rings. The van der Waals surface area contributed by atoms with Crippen molar-refractivity contribution in [3.05, 3.63) is 54.1 Å². The van der Waals surface area contributed by atoms with Gasteiger partial charge < -0.3 is 4.74 Å². The first-order chi connectivity index (χ1) is 15.8. The highest BCUT2D eigenvalue weighted by Gasteiger charge is 2.01. The summed E-state index contributed by atoms with van der Waals surface area (Å²) in [6, 6.07) is 16.3. The number of fused-ring (bicyclic) bond motifs is 1. The number of aliphatic imine (C=N–C) groups is 1. The van der Waals surface area contributed by atoms with Gasteiger partial charge in [0.25, 0.3) is 0 Å². The van der Waals surface area contributed by atoms with E-state index in [1.165, 1.54) is 75.3 Å². The topological polar surface area (TPSA) is 34.5 Å². The summed E-state index contributed by atoms with van der Waals surface area (Å²) >= 11 is 1.61. The maximum Gasteiger partial charge on any atom is 0.210 e. The van der Waals surface area contributed by atoms with Crippen molar-refractivity contribution in [2.24, 2.45) is 4.99 Å². The van der Waals surface area contributed by atoms with Crippen LogP contribution in [0.5, 0.6) is 5.75 Å². The van der Waals surface area contributed by atoms with Crippen molar-refractivity contribution in [2.75, 3.05) is 6.61 Å². The highest BCUT2D eigenvalue weighted by molar-refractivity contribution is 7.22. The van der Waals surface area contributed by atoms with Gasteiger partial charge in [-0.05, 0) is 48.4 Å². The molecule has 0 aliphatic carbocycles. The summed E-state index contributed by atoms with van der Waals surface area (Å²) in [7, 11) is 0. The molecule has 3 rings (SSSR count). The van der Waals surface area contributed by atoms with Gasteiger partial charge in [-0.3, -0.25) is 0 Å². The fourth-order valence-electron chi connectivity index (χ4n) is 3.83. The summed E-state index contributed by atoms with van der Waals surface area (Å²) in [5, 5.41) is 0.790. The Morgan fingerprint density at radius 1 is 0.781 bits per heavy atom. The third kappa shape index (κ3) is 9.12. The number of unbranched alkanes of at least 4 members (excludes halogenated alkanes) is 11. The van der Waals surface area contributed by atoms with Crippen molar-refractivity contribution in [1.82, 2.24) is 4.98 Å². The van der Waals surface area contributed by atoms with Crippen LogP contribution in [-0.2, 0) is 0 Å². The van der Waals surface area contributed by atoms with E-state index in [1.54, 1.807) is 11.3 Å². The number of para-hydroxylation sites is 1. The second-order valence-electron chi connectivity index (χ2n) is 8.53. The van der Waals surface area contributed by atoms with Gasteiger partial charge in [0.15, 0.2) is 0 Å². The van der Waals surface area contributed by atoms with Gasteiger partial charge in [0.2, 0.25) is 5.13 Å². The number of benzene rings is 2. The first-order valence-corrected chi connectivity index (χ1v) is 13.3. The van der Waals surface area contributed by atoms with Crippen LogP contribution in [0.15, 0.2) is 53.5 Å². The van der Waals surface area contributed by atoms with Crippen molar-refractivity contribution in [3.8, 4) is 5.75 Å². The SMILES string of the molecule is CCCCCCCCCCCCCCOc1ccc(/C=N/c2nc3ccccc3s2)cc1. The number of hydrogen-bond donors (Lipinski definition) is 0. The summed E-state index contributed by atoms with van der Waals surface area (Å²) in [6.45, 7) is 3.08. The molecular weight excluding hydrogens is 412 g/mol. The number of nitrogens with zero attached hydrogens (tertiary/aromatic N) is 2. The molecule has 0 N–H and O–H groups in total. The maximum absolute atomic E-state index is 5.90. The van der Waals surface area contributed by atoms with Gasteiger partial charge in [-0.2, -0.15) is 0 Å². The van der Waals surface area contributed by atoms with Crippen LogP contribution in [0.4, 0.5) is 5.13 Å². The lowest BCUT2D eigenvalue weighted by Gasteiger charge is -2.06. The number of thiazole rings is 1. The molecule has 0 atom stereocenters. The minimum atomic E-state index is 0.790. The lowest BCUT2D eigenvalue weighted by molar-refractivity contribution is 0.304. The Morgan fingerprint density at radius 2 is 1.41 bits per heavy atom. The average Bonchev–Trinajstić information content (AvgIpc) is 3.24. The number of ether oxygens (including phenoxy) is 1. The quantitative estimate of drug-likeness (QED) is 0.161. The second kappa shape index (κ2) is 14.8. The fourth-order valence-corrected chi connectivity index (χ4v) is 4.64. The zero-order valence-electron chi connectivity index (χ0n) is 19.6. The summed E-state index contributed by atoms with van der Waals surface area (Å²) in [4.78, 5) is 9.06. The smallest absolute Gasteiger partial charge is 0.210 e.